The molecule has 0 N–H and O–H groups in total. The van der Waals surface area contributed by atoms with Gasteiger partial charge in [0.05, 0.1) is 0 Å². The summed E-state index contributed by atoms with van der Waals surface area (Å²) in [5.74, 6) is 0.854. The van der Waals surface area contributed by atoms with Crippen molar-refractivity contribution in [2.75, 3.05) is 0 Å². The van der Waals surface area contributed by atoms with Crippen LogP contribution in [0.5, 0.6) is 5.75 Å². The van der Waals surface area contributed by atoms with Crippen LogP contribution in [0.2, 0.25) is 5.02 Å². The molecule has 1 aromatic rings. The molecule has 1 aromatic carbocycles. The van der Waals surface area contributed by atoms with E-state index in [1.165, 1.54) is 0 Å². The van der Waals surface area contributed by atoms with Gasteiger partial charge in [0, 0.05) is 5.02 Å². The number of hydrogen-bond acceptors (Lipinski definition) is 1. The van der Waals surface area contributed by atoms with Crippen molar-refractivity contribution in [1.82, 2.24) is 0 Å². The Kier molecular flexibility index (Phi) is 2.63. The topological polar surface area (TPSA) is 9.23 Å². The largest absolute Gasteiger partial charge is 0.488 e. The standard InChI is InChI=1S/C10H13ClO/c1-10(2,3)12-9-6-4-8(11)5-7-9/h4-7H,1-3H3. The summed E-state index contributed by atoms with van der Waals surface area (Å²) >= 11 is 5.73. The Morgan fingerprint density at radius 2 is 1.58 bits per heavy atom. The summed E-state index contributed by atoms with van der Waals surface area (Å²) in [5, 5.41) is 0.733. The molecule has 0 aliphatic carbocycles. The Hall–Kier alpha value is -0.690. The summed E-state index contributed by atoms with van der Waals surface area (Å²) in [5.41, 5.74) is -0.145. The van der Waals surface area contributed by atoms with Crippen LogP contribution in [0.25, 0.3) is 0 Å². The molecule has 0 saturated heterocycles. The number of halogens is 1. The second kappa shape index (κ2) is 3.36. The van der Waals surface area contributed by atoms with E-state index in [1.54, 1.807) is 0 Å². The van der Waals surface area contributed by atoms with Crippen LogP contribution >= 0.6 is 11.6 Å². The maximum atomic E-state index is 5.73. The lowest BCUT2D eigenvalue weighted by atomic mass is 10.2. The zero-order valence-electron chi connectivity index (χ0n) is 7.60. The third-order valence-electron chi connectivity index (χ3n) is 1.24. The van der Waals surface area contributed by atoms with E-state index in [2.05, 4.69) is 0 Å². The fourth-order valence-electron chi connectivity index (χ4n) is 0.856. The van der Waals surface area contributed by atoms with Crippen LogP contribution in [0, 0.1) is 0 Å². The van der Waals surface area contributed by atoms with Crippen molar-refractivity contribution in [3.63, 3.8) is 0 Å². The lowest BCUT2D eigenvalue weighted by molar-refractivity contribution is 0.131. The van der Waals surface area contributed by atoms with Crippen molar-refractivity contribution < 1.29 is 4.74 Å². The van der Waals surface area contributed by atoms with Crippen molar-refractivity contribution in [2.24, 2.45) is 0 Å². The van der Waals surface area contributed by atoms with Gasteiger partial charge in [0.2, 0.25) is 0 Å². The number of ether oxygens (including phenoxy) is 1. The Labute approximate surface area is 78.3 Å². The normalized spacial score (nSPS) is 11.3. The minimum atomic E-state index is -0.145. The quantitative estimate of drug-likeness (QED) is 0.649. The molecule has 0 radical (unpaired) electrons. The Morgan fingerprint density at radius 1 is 1.08 bits per heavy atom. The van der Waals surface area contributed by atoms with Crippen molar-refractivity contribution in [3.8, 4) is 5.75 Å². The van der Waals surface area contributed by atoms with Crippen LogP contribution in [-0.4, -0.2) is 5.60 Å². The van der Waals surface area contributed by atoms with Gasteiger partial charge >= 0.3 is 0 Å². The average molecular weight is 185 g/mol. The predicted octanol–water partition coefficient (Wildman–Crippen LogP) is 3.52. The van der Waals surface area contributed by atoms with Gasteiger partial charge in [-0.25, -0.2) is 0 Å². The van der Waals surface area contributed by atoms with E-state index in [4.69, 9.17) is 16.3 Å². The molecule has 0 aromatic heterocycles. The van der Waals surface area contributed by atoms with Gasteiger partial charge in [-0.1, -0.05) is 11.6 Å². The van der Waals surface area contributed by atoms with Gasteiger partial charge in [0.1, 0.15) is 11.4 Å². The summed E-state index contributed by atoms with van der Waals surface area (Å²) in [6, 6.07) is 7.38. The van der Waals surface area contributed by atoms with Crippen LogP contribution < -0.4 is 4.74 Å². The highest BCUT2D eigenvalue weighted by atomic mass is 35.5. The molecule has 2 heteroatoms. The van der Waals surface area contributed by atoms with Gasteiger partial charge in [-0.15, -0.1) is 0 Å². The van der Waals surface area contributed by atoms with Gasteiger partial charge < -0.3 is 4.74 Å². The van der Waals surface area contributed by atoms with Gasteiger partial charge in [-0.3, -0.25) is 0 Å². The van der Waals surface area contributed by atoms with Crippen LogP contribution in [0.3, 0.4) is 0 Å². The van der Waals surface area contributed by atoms with Crippen LogP contribution in [0.4, 0.5) is 0 Å². The SMILES string of the molecule is CC(C)(C)Oc1ccc(Cl)cc1. The fraction of sp³-hybridized carbons (Fsp3) is 0.400. The molecule has 12 heavy (non-hydrogen) atoms. The van der Waals surface area contributed by atoms with Gasteiger partial charge in [0.15, 0.2) is 0 Å². The monoisotopic (exact) mass is 184 g/mol. The van der Waals surface area contributed by atoms with Crippen molar-refractivity contribution in [3.05, 3.63) is 29.3 Å². The van der Waals surface area contributed by atoms with Crippen molar-refractivity contribution in [2.45, 2.75) is 26.4 Å². The highest BCUT2D eigenvalue weighted by Crippen LogP contribution is 2.19. The molecule has 0 aliphatic heterocycles. The summed E-state index contributed by atoms with van der Waals surface area (Å²) in [6.45, 7) is 6.05. The van der Waals surface area contributed by atoms with E-state index in [9.17, 15) is 0 Å². The predicted molar refractivity (Wildman–Crippen MR) is 51.8 cm³/mol. The van der Waals surface area contributed by atoms with Gasteiger partial charge in [-0.05, 0) is 45.0 Å². The lowest BCUT2D eigenvalue weighted by Crippen LogP contribution is -2.22. The summed E-state index contributed by atoms with van der Waals surface area (Å²) in [4.78, 5) is 0. The Balaban J connectivity index is 2.71. The molecule has 0 fully saturated rings. The third-order valence-corrected chi connectivity index (χ3v) is 1.49. The summed E-state index contributed by atoms with van der Waals surface area (Å²) < 4.78 is 5.60. The Morgan fingerprint density at radius 3 is 2.00 bits per heavy atom. The number of hydrogen-bond donors (Lipinski definition) is 0. The zero-order chi connectivity index (χ0) is 9.19. The summed E-state index contributed by atoms with van der Waals surface area (Å²) in [6.07, 6.45) is 0. The highest BCUT2D eigenvalue weighted by molar-refractivity contribution is 6.30. The van der Waals surface area contributed by atoms with Crippen molar-refractivity contribution >= 4 is 11.6 Å². The molecule has 0 bridgehead atoms. The minimum absolute atomic E-state index is 0.145. The van der Waals surface area contributed by atoms with E-state index in [0.717, 1.165) is 10.8 Å². The van der Waals surface area contributed by atoms with Gasteiger partial charge in [-0.2, -0.15) is 0 Å². The number of rotatable bonds is 1. The van der Waals surface area contributed by atoms with Crippen LogP contribution in [0.1, 0.15) is 20.8 Å². The first kappa shape index (κ1) is 9.40. The van der Waals surface area contributed by atoms with Crippen LogP contribution in [0.15, 0.2) is 24.3 Å². The molecular weight excluding hydrogens is 172 g/mol. The Bertz CT molecular complexity index is 246. The summed E-state index contributed by atoms with van der Waals surface area (Å²) in [7, 11) is 0. The molecule has 0 saturated carbocycles. The van der Waals surface area contributed by atoms with E-state index in [1.807, 2.05) is 45.0 Å². The fourth-order valence-corrected chi connectivity index (χ4v) is 0.982. The highest BCUT2D eigenvalue weighted by Gasteiger charge is 2.10. The first-order valence-corrected chi connectivity index (χ1v) is 4.30. The van der Waals surface area contributed by atoms with E-state index >= 15 is 0 Å². The zero-order valence-corrected chi connectivity index (χ0v) is 8.35. The molecule has 0 heterocycles. The molecule has 0 unspecified atom stereocenters. The average Bonchev–Trinajstić information content (AvgIpc) is 1.91. The van der Waals surface area contributed by atoms with Crippen molar-refractivity contribution in [1.29, 1.82) is 0 Å². The van der Waals surface area contributed by atoms with Gasteiger partial charge in [0.25, 0.3) is 0 Å². The molecule has 1 rings (SSSR count). The second-order valence-corrected chi connectivity index (χ2v) is 4.10. The maximum Gasteiger partial charge on any atom is 0.120 e. The molecule has 66 valence electrons. The smallest absolute Gasteiger partial charge is 0.120 e. The van der Waals surface area contributed by atoms with Crippen LogP contribution in [-0.2, 0) is 0 Å². The molecular formula is C10H13ClO. The number of benzene rings is 1. The third kappa shape index (κ3) is 3.14. The van der Waals surface area contributed by atoms with E-state index in [-0.39, 0.29) is 5.60 Å². The molecule has 0 spiro atoms. The lowest BCUT2D eigenvalue weighted by Gasteiger charge is -2.21. The molecule has 1 nitrogen and oxygen atoms in total. The second-order valence-electron chi connectivity index (χ2n) is 3.67. The molecule has 0 atom stereocenters. The first-order valence-electron chi connectivity index (χ1n) is 3.92. The minimum Gasteiger partial charge on any atom is -0.488 e. The maximum absolute atomic E-state index is 5.73. The van der Waals surface area contributed by atoms with E-state index in [0.29, 0.717) is 0 Å². The molecule has 0 amide bonds. The first-order chi connectivity index (χ1) is 5.47. The van der Waals surface area contributed by atoms with E-state index < -0.39 is 0 Å². The molecule has 0 aliphatic rings.